The molecule has 1 aliphatic heterocycles. The molecule has 1 atom stereocenters. The minimum Gasteiger partial charge on any atom is -0.334 e. The zero-order chi connectivity index (χ0) is 13.9. The van der Waals surface area contributed by atoms with Gasteiger partial charge in [-0.05, 0) is 70.0 Å². The summed E-state index contributed by atoms with van der Waals surface area (Å²) in [5.74, 6) is 2.62. The Morgan fingerprint density at radius 1 is 1.25 bits per heavy atom. The second kappa shape index (κ2) is 6.52. The lowest BCUT2D eigenvalue weighted by molar-refractivity contribution is 0.246. The normalized spacial score (nSPS) is 23.2. The lowest BCUT2D eigenvalue weighted by Gasteiger charge is -2.24. The van der Waals surface area contributed by atoms with E-state index in [4.69, 9.17) is 4.98 Å². The number of hydrogen-bond acceptors (Lipinski definition) is 3. The van der Waals surface area contributed by atoms with Crippen molar-refractivity contribution in [3.63, 3.8) is 0 Å². The van der Waals surface area contributed by atoms with Crippen molar-refractivity contribution in [2.45, 2.75) is 51.0 Å². The molecule has 0 amide bonds. The Morgan fingerprint density at radius 2 is 2.10 bits per heavy atom. The summed E-state index contributed by atoms with van der Waals surface area (Å²) >= 11 is 1.96. The van der Waals surface area contributed by atoms with Crippen molar-refractivity contribution in [2.75, 3.05) is 25.1 Å². The summed E-state index contributed by atoms with van der Waals surface area (Å²) < 4.78 is 2.42. The van der Waals surface area contributed by atoms with Crippen molar-refractivity contribution in [2.24, 2.45) is 7.05 Å². The van der Waals surface area contributed by atoms with Gasteiger partial charge in [0.25, 0.3) is 0 Å². The molecule has 0 N–H and O–H groups in total. The van der Waals surface area contributed by atoms with Gasteiger partial charge in [0, 0.05) is 12.7 Å². The Balaban J connectivity index is 1.75. The molecule has 0 spiro atoms. The maximum Gasteiger partial charge on any atom is 0.126 e. The second-order valence-electron chi connectivity index (χ2n) is 6.17. The summed E-state index contributed by atoms with van der Waals surface area (Å²) in [4.78, 5) is 7.70. The number of thioether (sulfide) groups is 1. The number of fused-ring (bicyclic) bond motifs is 1. The molecule has 1 fully saturated rings. The van der Waals surface area contributed by atoms with E-state index in [2.05, 4.69) is 22.8 Å². The molecule has 20 heavy (non-hydrogen) atoms. The molecule has 4 heteroatoms. The van der Waals surface area contributed by atoms with Crippen LogP contribution in [-0.2, 0) is 19.9 Å². The summed E-state index contributed by atoms with van der Waals surface area (Å²) in [5, 5.41) is 0. The predicted octanol–water partition coefficient (Wildman–Crippen LogP) is 3.19. The van der Waals surface area contributed by atoms with Gasteiger partial charge < -0.3 is 4.57 Å². The van der Waals surface area contributed by atoms with E-state index in [-0.39, 0.29) is 0 Å². The first-order valence-corrected chi connectivity index (χ1v) is 9.48. The van der Waals surface area contributed by atoms with Crippen LogP contribution in [0.2, 0.25) is 0 Å². The van der Waals surface area contributed by atoms with Crippen molar-refractivity contribution in [1.29, 1.82) is 0 Å². The Morgan fingerprint density at radius 3 is 2.90 bits per heavy atom. The van der Waals surface area contributed by atoms with Crippen LogP contribution >= 0.6 is 11.8 Å². The van der Waals surface area contributed by atoms with Crippen LogP contribution in [0, 0.1) is 0 Å². The molecule has 0 aromatic carbocycles. The second-order valence-corrected chi connectivity index (χ2v) is 7.16. The first-order valence-electron chi connectivity index (χ1n) is 8.08. The van der Waals surface area contributed by atoms with Gasteiger partial charge in [-0.15, -0.1) is 0 Å². The van der Waals surface area contributed by atoms with Gasteiger partial charge in [0.15, 0.2) is 0 Å². The molecule has 2 aliphatic rings. The van der Waals surface area contributed by atoms with E-state index in [9.17, 15) is 0 Å². The van der Waals surface area contributed by atoms with Crippen LogP contribution in [0.3, 0.4) is 0 Å². The van der Waals surface area contributed by atoms with E-state index in [1.807, 2.05) is 11.8 Å². The smallest absolute Gasteiger partial charge is 0.126 e. The third-order valence-corrected chi connectivity index (χ3v) is 5.56. The molecule has 3 nitrogen and oxygen atoms in total. The molecular weight excluding hydrogens is 266 g/mol. The Bertz CT molecular complexity index is 455. The van der Waals surface area contributed by atoms with Crippen LogP contribution in [0.1, 0.15) is 55.4 Å². The number of likely N-dealkylation sites (tertiary alicyclic amines) is 1. The highest BCUT2D eigenvalue weighted by Crippen LogP contribution is 2.33. The topological polar surface area (TPSA) is 21.1 Å². The maximum atomic E-state index is 5.03. The summed E-state index contributed by atoms with van der Waals surface area (Å²) in [7, 11) is 2.24. The third-order valence-electron chi connectivity index (χ3n) is 4.86. The van der Waals surface area contributed by atoms with Crippen LogP contribution in [0.15, 0.2) is 0 Å². The van der Waals surface area contributed by atoms with E-state index >= 15 is 0 Å². The van der Waals surface area contributed by atoms with Crippen LogP contribution in [0.25, 0.3) is 0 Å². The van der Waals surface area contributed by atoms with Gasteiger partial charge in [-0.25, -0.2) is 4.98 Å². The van der Waals surface area contributed by atoms with Crippen molar-refractivity contribution in [3.8, 4) is 0 Å². The van der Waals surface area contributed by atoms with E-state index in [0.717, 1.165) is 0 Å². The Hall–Kier alpha value is -0.480. The molecule has 0 saturated carbocycles. The van der Waals surface area contributed by atoms with Crippen molar-refractivity contribution in [1.82, 2.24) is 14.5 Å². The summed E-state index contributed by atoms with van der Waals surface area (Å²) in [6.07, 6.45) is 11.2. The molecule has 1 unspecified atom stereocenters. The van der Waals surface area contributed by atoms with Gasteiger partial charge in [-0.3, -0.25) is 4.90 Å². The van der Waals surface area contributed by atoms with Crippen molar-refractivity contribution >= 4 is 11.8 Å². The molecule has 2 heterocycles. The minimum absolute atomic E-state index is 0.576. The molecule has 1 aromatic rings. The summed E-state index contributed by atoms with van der Waals surface area (Å²) in [6.45, 7) is 2.50. The lowest BCUT2D eigenvalue weighted by Crippen LogP contribution is -2.26. The molecule has 1 aliphatic carbocycles. The molecule has 0 radical (unpaired) electrons. The predicted molar refractivity (Wildman–Crippen MR) is 86.4 cm³/mol. The fourth-order valence-electron chi connectivity index (χ4n) is 3.80. The molecular formula is C16H27N3S. The molecule has 3 rings (SSSR count). The maximum absolute atomic E-state index is 5.03. The standard InChI is InChI=1S/C16H27N3S/c1-18-14-8-4-3-7-13(14)17-16(18)15-9-5-10-19(15)11-6-12-20-2/h15H,3-12H2,1-2H3. The van der Waals surface area contributed by atoms with Crippen LogP contribution in [-0.4, -0.2) is 39.5 Å². The zero-order valence-electron chi connectivity index (χ0n) is 12.9. The average Bonchev–Trinajstić information content (AvgIpc) is 3.05. The number of aromatic nitrogens is 2. The van der Waals surface area contributed by atoms with Crippen molar-refractivity contribution in [3.05, 3.63) is 17.2 Å². The fourth-order valence-corrected chi connectivity index (χ4v) is 4.22. The first kappa shape index (κ1) is 14.5. The summed E-state index contributed by atoms with van der Waals surface area (Å²) in [5.41, 5.74) is 2.91. The third kappa shape index (κ3) is 2.77. The van der Waals surface area contributed by atoms with Gasteiger partial charge in [0.2, 0.25) is 0 Å². The number of imidazole rings is 1. The monoisotopic (exact) mass is 293 g/mol. The van der Waals surface area contributed by atoms with Gasteiger partial charge in [0.1, 0.15) is 5.82 Å². The Labute approximate surface area is 127 Å². The van der Waals surface area contributed by atoms with E-state index in [0.29, 0.717) is 6.04 Å². The number of nitrogens with zero attached hydrogens (tertiary/aromatic N) is 3. The van der Waals surface area contributed by atoms with Crippen LogP contribution < -0.4 is 0 Å². The zero-order valence-corrected chi connectivity index (χ0v) is 13.7. The highest BCUT2D eigenvalue weighted by molar-refractivity contribution is 7.98. The quantitative estimate of drug-likeness (QED) is 0.778. The highest BCUT2D eigenvalue weighted by Gasteiger charge is 2.30. The first-order chi connectivity index (χ1) is 9.81. The van der Waals surface area contributed by atoms with Crippen LogP contribution in [0.4, 0.5) is 0 Å². The molecule has 1 aromatic heterocycles. The summed E-state index contributed by atoms with van der Waals surface area (Å²) in [6, 6.07) is 0.576. The fraction of sp³-hybridized carbons (Fsp3) is 0.812. The van der Waals surface area contributed by atoms with Crippen molar-refractivity contribution < 1.29 is 0 Å². The number of aryl methyl sites for hydroxylation is 1. The van der Waals surface area contributed by atoms with E-state index in [1.165, 1.54) is 81.0 Å². The molecule has 1 saturated heterocycles. The molecule has 112 valence electrons. The van der Waals surface area contributed by atoms with Gasteiger partial charge >= 0.3 is 0 Å². The van der Waals surface area contributed by atoms with Gasteiger partial charge in [-0.1, -0.05) is 0 Å². The SMILES string of the molecule is CSCCCN1CCCC1c1nc2c(n1C)CCCC2. The van der Waals surface area contributed by atoms with E-state index < -0.39 is 0 Å². The number of rotatable bonds is 5. The largest absolute Gasteiger partial charge is 0.334 e. The van der Waals surface area contributed by atoms with Gasteiger partial charge in [0.05, 0.1) is 11.7 Å². The number of hydrogen-bond donors (Lipinski definition) is 0. The Kier molecular flexibility index (Phi) is 4.72. The van der Waals surface area contributed by atoms with Crippen LogP contribution in [0.5, 0.6) is 0 Å². The van der Waals surface area contributed by atoms with Gasteiger partial charge in [-0.2, -0.15) is 11.8 Å². The average molecular weight is 293 g/mol. The molecule has 0 bridgehead atoms. The lowest BCUT2D eigenvalue weighted by atomic mass is 10.0. The minimum atomic E-state index is 0.576. The van der Waals surface area contributed by atoms with E-state index in [1.54, 1.807) is 0 Å². The highest BCUT2D eigenvalue weighted by atomic mass is 32.2.